The Morgan fingerprint density at radius 1 is 1.09 bits per heavy atom. The van der Waals surface area contributed by atoms with Crippen LogP contribution in [0.4, 0.5) is 11.4 Å². The molecule has 0 atom stereocenters. The molecular formula is C22H18ClN5O3S. The van der Waals surface area contributed by atoms with Crippen molar-refractivity contribution in [3.8, 4) is 5.82 Å². The minimum Gasteiger partial charge on any atom is -0.322 e. The minimum absolute atomic E-state index is 0.0313. The molecule has 0 spiro atoms. The molecule has 2 aromatic carbocycles. The number of benzene rings is 2. The largest absolute Gasteiger partial charge is 0.322 e. The summed E-state index contributed by atoms with van der Waals surface area (Å²) in [4.78, 5) is 20.9. The number of nitrogens with zero attached hydrogens (tertiary/aromatic N) is 3. The second-order valence-corrected chi connectivity index (χ2v) is 8.95. The van der Waals surface area contributed by atoms with Crippen molar-refractivity contribution in [3.63, 3.8) is 0 Å². The predicted octanol–water partition coefficient (Wildman–Crippen LogP) is 4.28. The lowest BCUT2D eigenvalue weighted by Gasteiger charge is -2.13. The third kappa shape index (κ3) is 4.63. The zero-order valence-corrected chi connectivity index (χ0v) is 18.4. The number of hydrogen-bond acceptors (Lipinski definition) is 5. The highest BCUT2D eigenvalue weighted by molar-refractivity contribution is 7.92. The standard InChI is InChI=1S/C22H18ClN5O3S/c1-15-6-8-17(12-20(15)32(30,31)27-19-5-3-2-4-18(19)23)26-22(29)16-7-9-21(25-13-16)28-11-10-24-14-28/h2-14,27H,1H3,(H,26,29). The van der Waals surface area contributed by atoms with Gasteiger partial charge in [0.15, 0.2) is 0 Å². The SMILES string of the molecule is Cc1ccc(NC(=O)c2ccc(-n3ccnc3)nc2)cc1S(=O)(=O)Nc1ccccc1Cl. The molecular weight excluding hydrogens is 450 g/mol. The third-order valence-corrected chi connectivity index (χ3v) is 6.47. The summed E-state index contributed by atoms with van der Waals surface area (Å²) < 4.78 is 30.1. The van der Waals surface area contributed by atoms with Crippen molar-refractivity contribution in [2.45, 2.75) is 11.8 Å². The smallest absolute Gasteiger partial charge is 0.262 e. The molecule has 2 N–H and O–H groups in total. The Morgan fingerprint density at radius 3 is 2.59 bits per heavy atom. The van der Waals surface area contributed by atoms with E-state index in [2.05, 4.69) is 20.0 Å². The number of sulfonamides is 1. The van der Waals surface area contributed by atoms with E-state index >= 15 is 0 Å². The van der Waals surface area contributed by atoms with E-state index in [0.717, 1.165) is 0 Å². The van der Waals surface area contributed by atoms with Gasteiger partial charge in [0.25, 0.3) is 15.9 Å². The van der Waals surface area contributed by atoms with Gasteiger partial charge in [-0.1, -0.05) is 29.8 Å². The minimum atomic E-state index is -3.93. The van der Waals surface area contributed by atoms with Crippen molar-refractivity contribution in [1.29, 1.82) is 0 Å². The molecule has 0 aliphatic rings. The molecule has 1 amide bonds. The zero-order chi connectivity index (χ0) is 22.7. The van der Waals surface area contributed by atoms with Gasteiger partial charge in [-0.2, -0.15) is 0 Å². The highest BCUT2D eigenvalue weighted by atomic mass is 35.5. The highest BCUT2D eigenvalue weighted by Crippen LogP contribution is 2.27. The van der Waals surface area contributed by atoms with E-state index in [1.807, 2.05) is 0 Å². The van der Waals surface area contributed by atoms with Gasteiger partial charge in [0, 0.05) is 24.3 Å². The van der Waals surface area contributed by atoms with E-state index < -0.39 is 15.9 Å². The Balaban J connectivity index is 1.54. The maximum atomic E-state index is 12.9. The average molecular weight is 468 g/mol. The first-order valence-corrected chi connectivity index (χ1v) is 11.3. The normalized spacial score (nSPS) is 11.2. The predicted molar refractivity (Wildman–Crippen MR) is 123 cm³/mol. The fourth-order valence-corrected chi connectivity index (χ4v) is 4.57. The van der Waals surface area contributed by atoms with Gasteiger partial charge in [-0.3, -0.25) is 14.1 Å². The van der Waals surface area contributed by atoms with Crippen LogP contribution in [0.3, 0.4) is 0 Å². The van der Waals surface area contributed by atoms with Gasteiger partial charge in [-0.05, 0) is 48.9 Å². The second-order valence-electron chi connectivity index (χ2n) is 6.89. The first-order chi connectivity index (χ1) is 15.3. The molecule has 8 nitrogen and oxygen atoms in total. The molecule has 0 unspecified atom stereocenters. The number of imidazole rings is 1. The van der Waals surface area contributed by atoms with E-state index in [1.54, 1.807) is 78.7 Å². The third-order valence-electron chi connectivity index (χ3n) is 4.63. The number of nitrogens with one attached hydrogen (secondary N) is 2. The molecule has 0 aliphatic heterocycles. The Hall–Kier alpha value is -3.69. The van der Waals surface area contributed by atoms with Crippen LogP contribution in [0.15, 0.2) is 84.4 Å². The summed E-state index contributed by atoms with van der Waals surface area (Å²) in [7, 11) is -3.93. The number of aromatic nitrogens is 3. The molecule has 2 heterocycles. The summed E-state index contributed by atoms with van der Waals surface area (Å²) in [5.41, 5.74) is 1.45. The van der Waals surface area contributed by atoms with Crippen molar-refractivity contribution >= 4 is 38.9 Å². The summed E-state index contributed by atoms with van der Waals surface area (Å²) in [6.45, 7) is 1.67. The number of aryl methyl sites for hydroxylation is 1. The topological polar surface area (TPSA) is 106 Å². The van der Waals surface area contributed by atoms with E-state index in [1.165, 1.54) is 12.3 Å². The van der Waals surface area contributed by atoms with Gasteiger partial charge in [0.2, 0.25) is 0 Å². The molecule has 4 aromatic rings. The molecule has 2 aromatic heterocycles. The summed E-state index contributed by atoms with van der Waals surface area (Å²) in [6.07, 6.45) is 6.42. The molecule has 0 bridgehead atoms. The Labute approximate surface area is 190 Å². The van der Waals surface area contributed by atoms with Crippen molar-refractivity contribution in [2.24, 2.45) is 0 Å². The number of carbonyl (C=O) groups excluding carboxylic acids is 1. The molecule has 0 aliphatic carbocycles. The first kappa shape index (κ1) is 21.5. The monoisotopic (exact) mass is 467 g/mol. The van der Waals surface area contributed by atoms with E-state index in [-0.39, 0.29) is 15.6 Å². The van der Waals surface area contributed by atoms with Crippen LogP contribution in [0, 0.1) is 6.92 Å². The number of rotatable bonds is 6. The Bertz CT molecular complexity index is 1370. The maximum Gasteiger partial charge on any atom is 0.262 e. The Morgan fingerprint density at radius 2 is 1.91 bits per heavy atom. The van der Waals surface area contributed by atoms with Gasteiger partial charge in [-0.15, -0.1) is 0 Å². The number of amides is 1. The lowest BCUT2D eigenvalue weighted by atomic mass is 10.2. The van der Waals surface area contributed by atoms with Crippen LogP contribution in [-0.2, 0) is 10.0 Å². The Kier molecular flexibility index (Phi) is 5.93. The highest BCUT2D eigenvalue weighted by Gasteiger charge is 2.19. The molecule has 4 rings (SSSR count). The molecule has 0 saturated heterocycles. The quantitative estimate of drug-likeness (QED) is 0.440. The van der Waals surface area contributed by atoms with Crippen LogP contribution in [-0.4, -0.2) is 28.9 Å². The lowest BCUT2D eigenvalue weighted by molar-refractivity contribution is 0.102. The summed E-state index contributed by atoms with van der Waals surface area (Å²) >= 11 is 6.07. The molecule has 0 radical (unpaired) electrons. The summed E-state index contributed by atoms with van der Waals surface area (Å²) in [6, 6.07) is 14.5. The molecule has 32 heavy (non-hydrogen) atoms. The van der Waals surface area contributed by atoms with Crippen molar-refractivity contribution in [1.82, 2.24) is 14.5 Å². The van der Waals surface area contributed by atoms with Crippen LogP contribution < -0.4 is 10.0 Å². The molecule has 0 fully saturated rings. The number of hydrogen-bond donors (Lipinski definition) is 2. The van der Waals surface area contributed by atoms with E-state index in [9.17, 15) is 13.2 Å². The lowest BCUT2D eigenvalue weighted by Crippen LogP contribution is -2.16. The van der Waals surface area contributed by atoms with Gasteiger partial charge in [-0.25, -0.2) is 18.4 Å². The van der Waals surface area contributed by atoms with Gasteiger partial charge >= 0.3 is 0 Å². The number of anilines is 2. The first-order valence-electron chi connectivity index (χ1n) is 9.47. The van der Waals surface area contributed by atoms with Gasteiger partial charge < -0.3 is 5.32 Å². The molecule has 162 valence electrons. The maximum absolute atomic E-state index is 12.9. The van der Waals surface area contributed by atoms with Crippen LogP contribution in [0.1, 0.15) is 15.9 Å². The van der Waals surface area contributed by atoms with Crippen LogP contribution in [0.25, 0.3) is 5.82 Å². The van der Waals surface area contributed by atoms with E-state index in [4.69, 9.17) is 11.6 Å². The van der Waals surface area contributed by atoms with Crippen LogP contribution in [0.2, 0.25) is 5.02 Å². The van der Waals surface area contributed by atoms with Crippen molar-refractivity contribution in [3.05, 3.63) is 95.7 Å². The number of pyridine rings is 1. The van der Waals surface area contributed by atoms with Crippen LogP contribution in [0.5, 0.6) is 0 Å². The number of para-hydroxylation sites is 1. The van der Waals surface area contributed by atoms with Gasteiger partial charge in [0.1, 0.15) is 12.1 Å². The molecule has 10 heteroatoms. The zero-order valence-electron chi connectivity index (χ0n) is 16.9. The summed E-state index contributed by atoms with van der Waals surface area (Å²) in [5, 5.41) is 2.99. The number of carbonyl (C=O) groups is 1. The summed E-state index contributed by atoms with van der Waals surface area (Å²) in [5.74, 6) is 0.203. The fraction of sp³-hybridized carbons (Fsp3) is 0.0455. The van der Waals surface area contributed by atoms with Crippen molar-refractivity contribution in [2.75, 3.05) is 10.0 Å². The van der Waals surface area contributed by atoms with Crippen LogP contribution >= 0.6 is 11.6 Å². The second kappa shape index (κ2) is 8.81. The van der Waals surface area contributed by atoms with Crippen molar-refractivity contribution < 1.29 is 13.2 Å². The number of halogens is 1. The fourth-order valence-electron chi connectivity index (χ4n) is 2.98. The molecule has 0 saturated carbocycles. The van der Waals surface area contributed by atoms with E-state index in [0.29, 0.717) is 22.6 Å². The van der Waals surface area contributed by atoms with Gasteiger partial charge in [0.05, 0.1) is 21.2 Å². The average Bonchev–Trinajstić information content (AvgIpc) is 3.31.